The Hall–Kier alpha value is -1.60. The van der Waals surface area contributed by atoms with E-state index >= 15 is 0 Å². The van der Waals surface area contributed by atoms with Gasteiger partial charge in [-0.15, -0.1) is 0 Å². The molecular formula is C13H18N4. The predicted molar refractivity (Wildman–Crippen MR) is 67.5 cm³/mol. The van der Waals surface area contributed by atoms with E-state index in [1.807, 2.05) is 6.07 Å². The Kier molecular flexibility index (Phi) is 3.60. The highest BCUT2D eigenvalue weighted by Crippen LogP contribution is 2.28. The lowest BCUT2D eigenvalue weighted by Crippen LogP contribution is -2.49. The molecule has 2 N–H and O–H groups in total. The SMILES string of the molecule is CC1CCCN(c2ncccc2C#N)C1CN. The van der Waals surface area contributed by atoms with Crippen LogP contribution in [0.2, 0.25) is 0 Å². The molecule has 4 heteroatoms. The highest BCUT2D eigenvalue weighted by atomic mass is 15.2. The lowest BCUT2D eigenvalue weighted by molar-refractivity contribution is 0.348. The molecule has 17 heavy (non-hydrogen) atoms. The van der Waals surface area contributed by atoms with Crippen LogP contribution < -0.4 is 10.6 Å². The van der Waals surface area contributed by atoms with E-state index < -0.39 is 0 Å². The molecule has 0 aromatic carbocycles. The van der Waals surface area contributed by atoms with Gasteiger partial charge >= 0.3 is 0 Å². The number of hydrogen-bond donors (Lipinski definition) is 1. The second-order valence-electron chi connectivity index (χ2n) is 4.60. The fraction of sp³-hybridized carbons (Fsp3) is 0.538. The summed E-state index contributed by atoms with van der Waals surface area (Å²) in [4.78, 5) is 6.55. The van der Waals surface area contributed by atoms with E-state index in [9.17, 15) is 0 Å². The van der Waals surface area contributed by atoms with E-state index in [0.29, 0.717) is 24.1 Å². The molecule has 90 valence electrons. The monoisotopic (exact) mass is 230 g/mol. The number of nitrogens with zero attached hydrogens (tertiary/aromatic N) is 3. The quantitative estimate of drug-likeness (QED) is 0.836. The lowest BCUT2D eigenvalue weighted by atomic mass is 9.90. The smallest absolute Gasteiger partial charge is 0.146 e. The van der Waals surface area contributed by atoms with Crippen LogP contribution in [0.4, 0.5) is 5.82 Å². The lowest BCUT2D eigenvalue weighted by Gasteiger charge is -2.40. The van der Waals surface area contributed by atoms with Crippen molar-refractivity contribution >= 4 is 5.82 Å². The number of piperidine rings is 1. The van der Waals surface area contributed by atoms with E-state index in [1.165, 1.54) is 6.42 Å². The maximum Gasteiger partial charge on any atom is 0.146 e. The summed E-state index contributed by atoms with van der Waals surface area (Å²) in [6.07, 6.45) is 4.08. The Morgan fingerprint density at radius 2 is 2.47 bits per heavy atom. The Morgan fingerprint density at radius 3 is 3.18 bits per heavy atom. The third kappa shape index (κ3) is 2.25. The van der Waals surface area contributed by atoms with E-state index in [2.05, 4.69) is 22.9 Å². The van der Waals surface area contributed by atoms with Crippen molar-refractivity contribution in [2.75, 3.05) is 18.0 Å². The molecule has 0 amide bonds. The van der Waals surface area contributed by atoms with Crippen LogP contribution in [0.1, 0.15) is 25.3 Å². The first-order valence-electron chi connectivity index (χ1n) is 6.09. The topological polar surface area (TPSA) is 65.9 Å². The van der Waals surface area contributed by atoms with Gasteiger partial charge < -0.3 is 10.6 Å². The second kappa shape index (κ2) is 5.15. The molecule has 1 aliphatic rings. The molecule has 1 aromatic rings. The van der Waals surface area contributed by atoms with Gasteiger partial charge in [0.1, 0.15) is 11.9 Å². The highest BCUT2D eigenvalue weighted by Gasteiger charge is 2.29. The molecule has 2 atom stereocenters. The van der Waals surface area contributed by atoms with E-state index in [1.54, 1.807) is 12.3 Å². The van der Waals surface area contributed by atoms with E-state index in [0.717, 1.165) is 18.8 Å². The van der Waals surface area contributed by atoms with Crippen LogP contribution >= 0.6 is 0 Å². The van der Waals surface area contributed by atoms with E-state index in [-0.39, 0.29) is 0 Å². The molecule has 0 saturated carbocycles. The molecule has 2 unspecified atom stereocenters. The van der Waals surface area contributed by atoms with Crippen LogP contribution in [-0.4, -0.2) is 24.1 Å². The van der Waals surface area contributed by atoms with Crippen molar-refractivity contribution in [3.8, 4) is 6.07 Å². The van der Waals surface area contributed by atoms with Crippen LogP contribution in [0.5, 0.6) is 0 Å². The fourth-order valence-corrected chi connectivity index (χ4v) is 2.58. The zero-order valence-electron chi connectivity index (χ0n) is 10.1. The molecule has 1 aliphatic heterocycles. The van der Waals surface area contributed by atoms with Gasteiger partial charge in [0.2, 0.25) is 0 Å². The summed E-state index contributed by atoms with van der Waals surface area (Å²) >= 11 is 0. The largest absolute Gasteiger partial charge is 0.351 e. The molecule has 1 saturated heterocycles. The molecule has 2 rings (SSSR count). The van der Waals surface area contributed by atoms with Gasteiger partial charge in [0.05, 0.1) is 5.56 Å². The first kappa shape index (κ1) is 11.9. The number of anilines is 1. The number of nitriles is 1. The van der Waals surface area contributed by atoms with Crippen LogP contribution in [0.3, 0.4) is 0 Å². The Labute approximate surface area is 102 Å². The predicted octanol–water partition coefficient (Wildman–Crippen LogP) is 1.52. The minimum absolute atomic E-state index is 0.297. The minimum atomic E-state index is 0.297. The normalized spacial score (nSPS) is 24.4. The molecule has 0 spiro atoms. The van der Waals surface area contributed by atoms with Crippen molar-refractivity contribution in [2.24, 2.45) is 11.7 Å². The van der Waals surface area contributed by atoms with Gasteiger partial charge in [-0.25, -0.2) is 4.98 Å². The van der Waals surface area contributed by atoms with Crippen molar-refractivity contribution in [2.45, 2.75) is 25.8 Å². The molecule has 4 nitrogen and oxygen atoms in total. The third-order valence-electron chi connectivity index (χ3n) is 3.54. The summed E-state index contributed by atoms with van der Waals surface area (Å²) in [6, 6.07) is 6.12. The van der Waals surface area contributed by atoms with Crippen molar-refractivity contribution in [3.05, 3.63) is 23.9 Å². The number of hydrogen-bond acceptors (Lipinski definition) is 4. The molecule has 0 aliphatic carbocycles. The molecule has 2 heterocycles. The standard InChI is InChI=1S/C13H18N4/c1-10-4-3-7-17(12(10)9-15)13-11(8-14)5-2-6-16-13/h2,5-6,10,12H,3-4,7,9,15H2,1H3. The van der Waals surface area contributed by atoms with Crippen molar-refractivity contribution in [1.82, 2.24) is 4.98 Å². The average molecular weight is 230 g/mol. The first-order valence-corrected chi connectivity index (χ1v) is 6.09. The fourth-order valence-electron chi connectivity index (χ4n) is 2.58. The molecule has 1 fully saturated rings. The summed E-state index contributed by atoms with van der Waals surface area (Å²) in [5.41, 5.74) is 6.50. The summed E-state index contributed by atoms with van der Waals surface area (Å²) in [5.74, 6) is 1.35. The number of aromatic nitrogens is 1. The van der Waals surface area contributed by atoms with Crippen molar-refractivity contribution in [1.29, 1.82) is 5.26 Å². The summed E-state index contributed by atoms with van der Waals surface area (Å²) in [6.45, 7) is 3.78. The first-order chi connectivity index (χ1) is 8.27. The third-order valence-corrected chi connectivity index (χ3v) is 3.54. The Bertz CT molecular complexity index is 424. The molecule has 0 bridgehead atoms. The van der Waals surface area contributed by atoms with Gasteiger partial charge in [0.25, 0.3) is 0 Å². The maximum absolute atomic E-state index is 9.13. The zero-order chi connectivity index (χ0) is 12.3. The average Bonchev–Trinajstić information content (AvgIpc) is 2.38. The molecule has 1 aromatic heterocycles. The molecular weight excluding hydrogens is 212 g/mol. The number of pyridine rings is 1. The van der Waals surface area contributed by atoms with Crippen LogP contribution in [0, 0.1) is 17.2 Å². The van der Waals surface area contributed by atoms with Crippen LogP contribution in [-0.2, 0) is 0 Å². The number of nitrogens with two attached hydrogens (primary N) is 1. The van der Waals surface area contributed by atoms with Gasteiger partial charge in [-0.1, -0.05) is 6.92 Å². The molecule has 0 radical (unpaired) electrons. The van der Waals surface area contributed by atoms with E-state index in [4.69, 9.17) is 11.0 Å². The van der Waals surface area contributed by atoms with Gasteiger partial charge in [-0.2, -0.15) is 5.26 Å². The van der Waals surface area contributed by atoms with Gasteiger partial charge in [0.15, 0.2) is 0 Å². The van der Waals surface area contributed by atoms with Crippen LogP contribution in [0.25, 0.3) is 0 Å². The minimum Gasteiger partial charge on any atom is -0.351 e. The summed E-state index contributed by atoms with van der Waals surface area (Å²) in [7, 11) is 0. The van der Waals surface area contributed by atoms with Crippen molar-refractivity contribution in [3.63, 3.8) is 0 Å². The van der Waals surface area contributed by atoms with Crippen LogP contribution in [0.15, 0.2) is 18.3 Å². The van der Waals surface area contributed by atoms with Gasteiger partial charge in [-0.05, 0) is 30.9 Å². The van der Waals surface area contributed by atoms with Gasteiger partial charge in [0, 0.05) is 25.3 Å². The Morgan fingerprint density at radius 1 is 1.65 bits per heavy atom. The Balaban J connectivity index is 2.34. The highest BCUT2D eigenvalue weighted by molar-refractivity contribution is 5.54. The number of rotatable bonds is 2. The maximum atomic E-state index is 9.13. The van der Waals surface area contributed by atoms with Crippen molar-refractivity contribution < 1.29 is 0 Å². The second-order valence-corrected chi connectivity index (χ2v) is 4.60. The summed E-state index contributed by atoms with van der Waals surface area (Å²) < 4.78 is 0. The summed E-state index contributed by atoms with van der Waals surface area (Å²) in [5, 5.41) is 9.13. The zero-order valence-corrected chi connectivity index (χ0v) is 10.1. The van der Waals surface area contributed by atoms with Gasteiger partial charge in [-0.3, -0.25) is 0 Å².